The van der Waals surface area contributed by atoms with Crippen LogP contribution in [-0.4, -0.2) is 55.2 Å². The fraction of sp³-hybridized carbons (Fsp3) is 0.600. The van der Waals surface area contributed by atoms with Gasteiger partial charge in [-0.2, -0.15) is 0 Å². The molecule has 0 aromatic heterocycles. The second-order valence-electron chi connectivity index (χ2n) is 24.8. The molecule has 12 rings (SSSR count). The molecule has 8 nitrogen and oxygen atoms in total. The number of aliphatic imine (C=N–C) groups is 2. The van der Waals surface area contributed by atoms with Crippen LogP contribution in [0, 0.1) is 52.8 Å². The highest BCUT2D eigenvalue weighted by molar-refractivity contribution is 6.15. The van der Waals surface area contributed by atoms with E-state index in [9.17, 15) is 30.6 Å². The number of phenolic OH excluding ortho intramolecular Hbond substituents is 6. The summed E-state index contributed by atoms with van der Waals surface area (Å²) in [5.41, 5.74) is 4.56. The summed E-state index contributed by atoms with van der Waals surface area (Å²) in [7, 11) is 0. The summed E-state index contributed by atoms with van der Waals surface area (Å²) in [5, 5.41) is 74.6. The van der Waals surface area contributed by atoms with Gasteiger partial charge in [-0.1, -0.05) is 67.5 Å². The molecule has 0 heterocycles. The number of aryl methyl sites for hydroxylation is 2. The maximum atomic E-state index is 12.8. The van der Waals surface area contributed by atoms with Crippen molar-refractivity contribution in [2.45, 2.75) is 164 Å². The quantitative estimate of drug-likeness (QED) is 0.0768. The van der Waals surface area contributed by atoms with E-state index in [0.717, 1.165) is 38.5 Å². The average molecular weight is 855 g/mol. The van der Waals surface area contributed by atoms with E-state index in [4.69, 9.17) is 9.98 Å². The van der Waals surface area contributed by atoms with Crippen LogP contribution >= 0.6 is 0 Å². The van der Waals surface area contributed by atoms with E-state index < -0.39 is 0 Å². The van der Waals surface area contributed by atoms with Crippen LogP contribution in [-0.2, 0) is 0 Å². The van der Waals surface area contributed by atoms with Crippen molar-refractivity contribution in [1.82, 2.24) is 0 Å². The topological polar surface area (TPSA) is 146 Å². The first-order valence-electron chi connectivity index (χ1n) is 23.9. The monoisotopic (exact) mass is 855 g/mol. The summed E-state index contributed by atoms with van der Waals surface area (Å²) in [4.78, 5) is 10.5. The van der Waals surface area contributed by atoms with Crippen molar-refractivity contribution < 1.29 is 30.6 Å². The van der Waals surface area contributed by atoms with Gasteiger partial charge in [-0.15, -0.1) is 0 Å². The first kappa shape index (κ1) is 42.5. The molecule has 63 heavy (non-hydrogen) atoms. The zero-order chi connectivity index (χ0) is 45.1. The number of fused-ring (bicyclic) bond motifs is 2. The van der Waals surface area contributed by atoms with Crippen molar-refractivity contribution >= 4 is 34.0 Å². The molecule has 0 spiro atoms. The van der Waals surface area contributed by atoms with Gasteiger partial charge in [-0.3, -0.25) is 9.98 Å². The minimum Gasteiger partial charge on any atom is -0.507 e. The molecule has 8 aliphatic carbocycles. The average Bonchev–Trinajstić information content (AvgIpc) is 3.11. The van der Waals surface area contributed by atoms with Gasteiger partial charge >= 0.3 is 0 Å². The standard InChI is InChI=1S/C55H70N2O6/c1-28(2)38-34-11-30(5)40(46(60)42(34)36(44(58)48(38)62)19-56-27-54-17-32-13-50(7,23-54)21-51(8,14-32)24-54)41-31(6)12-35-39(29(3)4)49(63)45(59)37(43(35)47(41)61)20-57-55-18-33-15-52(9,25-55)22-53(10,16-33)26-55/h11-12,19-20,28-29,32-33,58-63H,13-18,21-27H2,1-10H3/t32?,33?,50-,51+,52-,53+,54?,55?. The Kier molecular flexibility index (Phi) is 9.13. The van der Waals surface area contributed by atoms with Crippen LogP contribution in [0.15, 0.2) is 22.1 Å². The summed E-state index contributed by atoms with van der Waals surface area (Å²) < 4.78 is 0. The van der Waals surface area contributed by atoms with Gasteiger partial charge in [-0.25, -0.2) is 0 Å². The molecule has 4 unspecified atom stereocenters. The molecule has 4 aromatic rings. The number of phenols is 6. The van der Waals surface area contributed by atoms with Gasteiger partial charge in [0.25, 0.3) is 0 Å². The van der Waals surface area contributed by atoms with Crippen molar-refractivity contribution in [2.24, 2.45) is 48.9 Å². The Morgan fingerprint density at radius 3 is 1.37 bits per heavy atom. The number of hydrogen-bond donors (Lipinski definition) is 6. The van der Waals surface area contributed by atoms with Gasteiger partial charge in [0.15, 0.2) is 23.0 Å². The zero-order valence-corrected chi connectivity index (χ0v) is 39.4. The molecule has 8 saturated carbocycles. The fourth-order valence-corrected chi connectivity index (χ4v) is 17.5. The lowest BCUT2D eigenvalue weighted by molar-refractivity contribution is -0.140. The number of nitrogens with zero attached hydrogens (tertiary/aromatic N) is 2. The van der Waals surface area contributed by atoms with E-state index in [1.54, 1.807) is 12.4 Å². The predicted octanol–water partition coefficient (Wildman–Crippen LogP) is 13.3. The highest BCUT2D eigenvalue weighted by atomic mass is 16.3. The van der Waals surface area contributed by atoms with Crippen molar-refractivity contribution in [3.05, 3.63) is 45.5 Å². The number of benzene rings is 4. The third kappa shape index (κ3) is 6.40. The SMILES string of the molecule is Cc1cc2c(C(C)C)c(O)c(O)c(C=NCC34CC5C[C@@](C)(C3)C[C@](C)(C5)C4)c2c(O)c1-c1c(C)cc2c(C(C)C)c(O)c(O)c(C=NC34CC5C[C@@](C)(C3)C[C@](C)(C5)C4)c2c1O. The van der Waals surface area contributed by atoms with E-state index in [1.165, 1.54) is 38.5 Å². The van der Waals surface area contributed by atoms with Gasteiger partial charge < -0.3 is 30.6 Å². The van der Waals surface area contributed by atoms with Crippen LogP contribution < -0.4 is 0 Å². The minimum absolute atomic E-state index is 0.0873. The smallest absolute Gasteiger partial charge is 0.167 e. The zero-order valence-electron chi connectivity index (χ0n) is 39.4. The molecule has 0 aliphatic heterocycles. The minimum atomic E-state index is -0.322. The van der Waals surface area contributed by atoms with E-state index in [2.05, 4.69) is 27.7 Å². The molecule has 0 amide bonds. The van der Waals surface area contributed by atoms with Crippen molar-refractivity contribution in [1.29, 1.82) is 0 Å². The molecule has 0 saturated heterocycles. The predicted molar refractivity (Wildman–Crippen MR) is 255 cm³/mol. The molecule has 0 radical (unpaired) electrons. The fourth-order valence-electron chi connectivity index (χ4n) is 17.5. The summed E-state index contributed by atoms with van der Waals surface area (Å²) in [5.74, 6) is -0.390. The summed E-state index contributed by atoms with van der Waals surface area (Å²) in [6.45, 7) is 21.9. The lowest BCUT2D eigenvalue weighted by atomic mass is 9.40. The lowest BCUT2D eigenvalue weighted by Gasteiger charge is -2.65. The Balaban J connectivity index is 1.15. The van der Waals surface area contributed by atoms with Gasteiger partial charge in [0.1, 0.15) is 11.5 Å². The largest absolute Gasteiger partial charge is 0.507 e. The molecule has 8 aliphatic rings. The first-order valence-corrected chi connectivity index (χ1v) is 23.9. The van der Waals surface area contributed by atoms with Crippen molar-refractivity contribution in [3.63, 3.8) is 0 Å². The summed E-state index contributed by atoms with van der Waals surface area (Å²) in [6.07, 6.45) is 17.2. The Morgan fingerprint density at radius 1 is 0.540 bits per heavy atom. The van der Waals surface area contributed by atoms with Gasteiger partial charge in [0.2, 0.25) is 0 Å². The molecule has 6 N–H and O–H groups in total. The van der Waals surface area contributed by atoms with E-state index in [1.807, 2.05) is 53.7 Å². The van der Waals surface area contributed by atoms with Crippen LogP contribution in [0.25, 0.3) is 32.7 Å². The second-order valence-corrected chi connectivity index (χ2v) is 24.8. The molecule has 8 heteroatoms. The van der Waals surface area contributed by atoms with Gasteiger partial charge in [-0.05, 0) is 164 Å². The van der Waals surface area contributed by atoms with E-state index >= 15 is 0 Å². The Labute approximate surface area is 373 Å². The summed E-state index contributed by atoms with van der Waals surface area (Å²) in [6, 6.07) is 3.87. The van der Waals surface area contributed by atoms with Crippen molar-refractivity contribution in [2.75, 3.05) is 6.54 Å². The van der Waals surface area contributed by atoms with Gasteiger partial charge in [0.05, 0.1) is 5.54 Å². The lowest BCUT2D eigenvalue weighted by Crippen LogP contribution is -2.57. The maximum Gasteiger partial charge on any atom is 0.167 e. The van der Waals surface area contributed by atoms with Crippen LogP contribution in [0.2, 0.25) is 0 Å². The molecular formula is C55H70N2O6. The third-order valence-corrected chi connectivity index (χ3v) is 17.4. The second kappa shape index (κ2) is 13.5. The molecule has 8 bridgehead atoms. The van der Waals surface area contributed by atoms with Crippen LogP contribution in [0.5, 0.6) is 34.5 Å². The van der Waals surface area contributed by atoms with E-state index in [-0.39, 0.29) is 79.2 Å². The van der Waals surface area contributed by atoms with Crippen LogP contribution in [0.1, 0.15) is 178 Å². The first-order chi connectivity index (χ1) is 29.4. The number of rotatable bonds is 8. The Bertz CT molecular complexity index is 2670. The summed E-state index contributed by atoms with van der Waals surface area (Å²) >= 11 is 0. The maximum absolute atomic E-state index is 12.8. The highest BCUT2D eigenvalue weighted by Gasteiger charge is 2.61. The van der Waals surface area contributed by atoms with E-state index in [0.29, 0.717) is 84.1 Å². The normalized spacial score (nSPS) is 34.4. The van der Waals surface area contributed by atoms with Crippen LogP contribution in [0.4, 0.5) is 0 Å². The van der Waals surface area contributed by atoms with Crippen molar-refractivity contribution in [3.8, 4) is 45.6 Å². The third-order valence-electron chi connectivity index (χ3n) is 17.4. The highest BCUT2D eigenvalue weighted by Crippen LogP contribution is 2.70. The van der Waals surface area contributed by atoms with Gasteiger partial charge in [0, 0.05) is 63.1 Å². The Morgan fingerprint density at radius 2 is 0.952 bits per heavy atom. The molecule has 8 fully saturated rings. The molecule has 4 aromatic carbocycles. The molecule has 336 valence electrons. The number of hydrogen-bond acceptors (Lipinski definition) is 8. The molecular weight excluding hydrogens is 785 g/mol. The number of aromatic hydroxyl groups is 6. The van der Waals surface area contributed by atoms with Crippen LogP contribution in [0.3, 0.4) is 0 Å². The molecule has 8 atom stereocenters. The Hall–Kier alpha value is -4.46.